The van der Waals surface area contributed by atoms with Crippen molar-refractivity contribution in [3.63, 3.8) is 0 Å². The molecule has 0 aliphatic carbocycles. The second-order valence-electron chi connectivity index (χ2n) is 11.3. The largest absolute Gasteiger partial charge is 0.394 e. The van der Waals surface area contributed by atoms with Gasteiger partial charge in [0, 0.05) is 17.5 Å². The highest BCUT2D eigenvalue weighted by Crippen LogP contribution is 2.66. The molecular formula is C30H37N3O4S. The highest BCUT2D eigenvalue weighted by atomic mass is 32.2. The quantitative estimate of drug-likeness (QED) is 0.479. The molecule has 38 heavy (non-hydrogen) atoms. The molecule has 0 saturated carbocycles. The van der Waals surface area contributed by atoms with Gasteiger partial charge in [0.05, 0.1) is 29.2 Å². The number of carbonyl (C=O) groups excluding carboxylic acids is 3. The number of fused-ring (bicyclic) bond motifs is 1. The summed E-state index contributed by atoms with van der Waals surface area (Å²) in [5.41, 5.74) is 3.65. The second-order valence-corrected chi connectivity index (χ2v) is 12.9. The number of thioether (sulfide) groups is 1. The maximum atomic E-state index is 14.2. The summed E-state index contributed by atoms with van der Waals surface area (Å²) in [7, 11) is 0. The van der Waals surface area contributed by atoms with Gasteiger partial charge < -0.3 is 20.6 Å². The highest BCUT2D eigenvalue weighted by molar-refractivity contribution is 8.02. The molecule has 6 atom stereocenters. The highest BCUT2D eigenvalue weighted by Gasteiger charge is 2.74. The van der Waals surface area contributed by atoms with Crippen LogP contribution in [0.3, 0.4) is 0 Å². The number of aliphatic hydroxyl groups is 1. The molecule has 3 aliphatic rings. The van der Waals surface area contributed by atoms with Crippen LogP contribution in [0.15, 0.2) is 48.5 Å². The van der Waals surface area contributed by atoms with Crippen molar-refractivity contribution in [2.75, 3.05) is 11.9 Å². The molecule has 3 aliphatic heterocycles. The minimum absolute atomic E-state index is 0.0102. The molecule has 3 heterocycles. The lowest BCUT2D eigenvalue weighted by Crippen LogP contribution is -2.56. The summed E-state index contributed by atoms with van der Waals surface area (Å²) >= 11 is 1.64. The number of carbonyl (C=O) groups is 3. The zero-order chi connectivity index (χ0) is 27.2. The van der Waals surface area contributed by atoms with Crippen molar-refractivity contribution in [1.82, 2.24) is 10.2 Å². The van der Waals surface area contributed by atoms with E-state index < -0.39 is 28.7 Å². The number of nitrogens with zero attached hydrogens (tertiary/aromatic N) is 1. The van der Waals surface area contributed by atoms with Crippen LogP contribution in [0.1, 0.15) is 43.4 Å². The monoisotopic (exact) mass is 535 g/mol. The number of benzene rings is 2. The number of amides is 3. The van der Waals surface area contributed by atoms with Gasteiger partial charge in [0.25, 0.3) is 0 Å². The predicted molar refractivity (Wildman–Crippen MR) is 150 cm³/mol. The van der Waals surface area contributed by atoms with E-state index in [2.05, 4.69) is 10.6 Å². The molecule has 2 aromatic rings. The number of rotatable bonds is 8. The van der Waals surface area contributed by atoms with Gasteiger partial charge in [-0.1, -0.05) is 62.4 Å². The molecule has 3 saturated heterocycles. The van der Waals surface area contributed by atoms with E-state index in [0.717, 1.165) is 28.8 Å². The van der Waals surface area contributed by atoms with Gasteiger partial charge in [-0.3, -0.25) is 14.4 Å². The van der Waals surface area contributed by atoms with E-state index >= 15 is 0 Å². The van der Waals surface area contributed by atoms with Gasteiger partial charge >= 0.3 is 0 Å². The lowest BCUT2D eigenvalue weighted by atomic mass is 9.70. The molecule has 202 valence electrons. The number of aliphatic hydroxyl groups excluding tert-OH is 1. The smallest absolute Gasteiger partial charge is 0.248 e. The summed E-state index contributed by atoms with van der Waals surface area (Å²) in [6.07, 6.45) is 1.48. The lowest BCUT2D eigenvalue weighted by Gasteiger charge is -2.38. The Morgan fingerprint density at radius 2 is 1.76 bits per heavy atom. The Morgan fingerprint density at radius 1 is 1.08 bits per heavy atom. The van der Waals surface area contributed by atoms with Gasteiger partial charge in [0.2, 0.25) is 17.7 Å². The van der Waals surface area contributed by atoms with E-state index in [1.165, 1.54) is 0 Å². The van der Waals surface area contributed by atoms with Crippen molar-refractivity contribution in [3.05, 3.63) is 65.2 Å². The molecule has 3 amide bonds. The Kier molecular flexibility index (Phi) is 7.31. The number of hydrogen-bond donors (Lipinski definition) is 3. The fourth-order valence-corrected chi connectivity index (χ4v) is 8.98. The molecule has 3 fully saturated rings. The second kappa shape index (κ2) is 10.4. The molecule has 7 nitrogen and oxygen atoms in total. The summed E-state index contributed by atoms with van der Waals surface area (Å²) < 4.78 is -0.695. The van der Waals surface area contributed by atoms with E-state index in [4.69, 9.17) is 0 Å². The maximum Gasteiger partial charge on any atom is 0.248 e. The third kappa shape index (κ3) is 4.31. The van der Waals surface area contributed by atoms with Gasteiger partial charge in [-0.05, 0) is 49.3 Å². The third-order valence-corrected chi connectivity index (χ3v) is 10.6. The first-order chi connectivity index (χ1) is 18.2. The first-order valence-corrected chi connectivity index (χ1v) is 14.4. The minimum atomic E-state index is -0.763. The van der Waals surface area contributed by atoms with Gasteiger partial charge in [-0.15, -0.1) is 11.8 Å². The van der Waals surface area contributed by atoms with Crippen LogP contribution in [0.4, 0.5) is 5.69 Å². The SMILES string of the molecule is Cc1cccc(C)c1NC(=O)C1N([C@@H](CO)C(C)C)C(=O)[C@@H]2[C@H](C(=O)NCc3ccccc3)[C@@H]3CCC12S3. The zero-order valence-corrected chi connectivity index (χ0v) is 23.3. The number of aryl methyl sites for hydroxylation is 2. The minimum Gasteiger partial charge on any atom is -0.394 e. The van der Waals surface area contributed by atoms with E-state index in [9.17, 15) is 19.5 Å². The van der Waals surface area contributed by atoms with Crippen molar-refractivity contribution >= 4 is 35.2 Å². The summed E-state index contributed by atoms with van der Waals surface area (Å²) in [6.45, 7) is 7.97. The summed E-state index contributed by atoms with van der Waals surface area (Å²) in [5, 5.41) is 16.5. The topological polar surface area (TPSA) is 98.7 Å². The molecular weight excluding hydrogens is 498 g/mol. The zero-order valence-electron chi connectivity index (χ0n) is 22.4. The van der Waals surface area contributed by atoms with Crippen LogP contribution in [-0.4, -0.2) is 56.4 Å². The van der Waals surface area contributed by atoms with Crippen LogP contribution < -0.4 is 10.6 Å². The van der Waals surface area contributed by atoms with Crippen LogP contribution in [-0.2, 0) is 20.9 Å². The number of likely N-dealkylation sites (tertiary alicyclic amines) is 1. The third-order valence-electron chi connectivity index (χ3n) is 8.64. The van der Waals surface area contributed by atoms with Gasteiger partial charge in [0.1, 0.15) is 6.04 Å². The molecule has 2 unspecified atom stereocenters. The van der Waals surface area contributed by atoms with Crippen LogP contribution in [0, 0.1) is 31.6 Å². The lowest BCUT2D eigenvalue weighted by molar-refractivity contribution is -0.143. The Morgan fingerprint density at radius 3 is 2.39 bits per heavy atom. The predicted octanol–water partition coefficient (Wildman–Crippen LogP) is 3.67. The molecule has 5 rings (SSSR count). The fourth-order valence-electron chi connectivity index (χ4n) is 6.77. The van der Waals surface area contributed by atoms with E-state index in [-0.39, 0.29) is 35.5 Å². The average Bonchev–Trinajstić information content (AvgIpc) is 3.53. The van der Waals surface area contributed by atoms with Gasteiger partial charge in [0.15, 0.2) is 0 Å². The van der Waals surface area contributed by atoms with Crippen LogP contribution in [0.25, 0.3) is 0 Å². The van der Waals surface area contributed by atoms with Crippen LogP contribution in [0.2, 0.25) is 0 Å². The Balaban J connectivity index is 1.49. The molecule has 2 bridgehead atoms. The normalized spacial score (nSPS) is 28.5. The van der Waals surface area contributed by atoms with E-state index in [1.54, 1.807) is 16.7 Å². The Labute approximate surface area is 228 Å². The fraction of sp³-hybridized carbons (Fsp3) is 0.500. The van der Waals surface area contributed by atoms with Crippen molar-refractivity contribution in [1.29, 1.82) is 0 Å². The molecule has 0 radical (unpaired) electrons. The van der Waals surface area contributed by atoms with Crippen molar-refractivity contribution in [2.24, 2.45) is 17.8 Å². The molecule has 3 N–H and O–H groups in total. The Hall–Kier alpha value is -2.84. The summed E-state index contributed by atoms with van der Waals surface area (Å²) in [5.74, 6) is -1.71. The molecule has 1 spiro atoms. The standard InChI is InChI=1S/C30H37N3O4S/c1-17(2)21(16-34)33-26(28(36)32-25-18(3)9-8-10-19(25)4)30-14-13-22(38-30)23(24(30)29(33)37)27(35)31-15-20-11-6-5-7-12-20/h5-12,17,21-24,26,34H,13-16H2,1-4H3,(H,31,35)(H,32,36)/t21-,22-,23+,24-,26?,30?/m0/s1. The first kappa shape index (κ1) is 26.8. The van der Waals surface area contributed by atoms with Crippen molar-refractivity contribution < 1.29 is 19.5 Å². The molecule has 0 aromatic heterocycles. The van der Waals surface area contributed by atoms with E-state index in [1.807, 2.05) is 76.2 Å². The van der Waals surface area contributed by atoms with Gasteiger partial charge in [-0.2, -0.15) is 0 Å². The first-order valence-electron chi connectivity index (χ1n) is 13.5. The summed E-state index contributed by atoms with van der Waals surface area (Å²) in [4.78, 5) is 43.6. The van der Waals surface area contributed by atoms with Crippen LogP contribution >= 0.6 is 11.8 Å². The van der Waals surface area contributed by atoms with Crippen molar-refractivity contribution in [3.8, 4) is 0 Å². The average molecular weight is 536 g/mol. The number of hydrogen-bond acceptors (Lipinski definition) is 5. The maximum absolute atomic E-state index is 14.2. The Bertz CT molecular complexity index is 1220. The number of anilines is 1. The van der Waals surface area contributed by atoms with Crippen LogP contribution in [0.5, 0.6) is 0 Å². The summed E-state index contributed by atoms with van der Waals surface area (Å²) in [6, 6.07) is 14.3. The molecule has 2 aromatic carbocycles. The molecule has 8 heteroatoms. The van der Waals surface area contributed by atoms with E-state index in [0.29, 0.717) is 13.0 Å². The van der Waals surface area contributed by atoms with Crippen molar-refractivity contribution in [2.45, 2.75) is 69.2 Å². The number of nitrogens with one attached hydrogen (secondary N) is 2. The van der Waals surface area contributed by atoms with Gasteiger partial charge in [-0.25, -0.2) is 0 Å². The number of para-hydroxylation sites is 1.